The van der Waals surface area contributed by atoms with Crippen LogP contribution in [0.1, 0.15) is 26.2 Å². The van der Waals surface area contributed by atoms with Crippen molar-refractivity contribution < 1.29 is 19.4 Å². The van der Waals surface area contributed by atoms with Gasteiger partial charge in [-0.15, -0.1) is 0 Å². The molecule has 0 unspecified atom stereocenters. The van der Waals surface area contributed by atoms with E-state index < -0.39 is 12.1 Å². The number of Topliss-reactive ketones (excluding diaryl/α,β-unsaturated/α-hetero) is 1. The number of fused-ring (bicyclic) bond motifs is 1. The molecule has 1 heterocycles. The molecule has 1 N–H and O–H groups in total. The van der Waals surface area contributed by atoms with Gasteiger partial charge in [-0.25, -0.2) is 4.79 Å². The smallest absolute Gasteiger partial charge is 0.330 e. The molecule has 0 spiro atoms. The molecule has 4 heteroatoms. The van der Waals surface area contributed by atoms with Crippen LogP contribution in [0.3, 0.4) is 0 Å². The Hall–Kier alpha value is -1.68. The standard InChI is InChI=1S/C16H20O4/c1-11-5-3-2-4-6-12-9-13(17)10-14(12)15(18)7-8-16(19)20-11/h2-4,6-8,11-12,14-15,18H,5,9-10H2,1H3/b3-2-,6-4+,8-7+/t11-,12+,14+,15-/m0/s1. The predicted molar refractivity (Wildman–Crippen MR) is 74.8 cm³/mol. The average Bonchev–Trinajstić information content (AvgIpc) is 2.76. The van der Waals surface area contributed by atoms with Crippen LogP contribution in [0.25, 0.3) is 0 Å². The molecular formula is C16H20O4. The van der Waals surface area contributed by atoms with E-state index in [2.05, 4.69) is 0 Å². The molecule has 0 aromatic rings. The van der Waals surface area contributed by atoms with Crippen molar-refractivity contribution in [2.75, 3.05) is 0 Å². The molecule has 0 amide bonds. The lowest BCUT2D eigenvalue weighted by molar-refractivity contribution is -0.142. The van der Waals surface area contributed by atoms with Crippen molar-refractivity contribution in [3.63, 3.8) is 0 Å². The van der Waals surface area contributed by atoms with Crippen molar-refractivity contribution in [2.45, 2.75) is 38.4 Å². The Labute approximate surface area is 118 Å². The number of aliphatic hydroxyl groups excluding tert-OH is 1. The van der Waals surface area contributed by atoms with E-state index >= 15 is 0 Å². The number of carbonyl (C=O) groups is 2. The molecule has 0 bridgehead atoms. The molecule has 2 aliphatic rings. The van der Waals surface area contributed by atoms with E-state index in [1.807, 2.05) is 31.2 Å². The highest BCUT2D eigenvalue weighted by Gasteiger charge is 2.35. The van der Waals surface area contributed by atoms with Gasteiger partial charge in [-0.1, -0.05) is 24.3 Å². The lowest BCUT2D eigenvalue weighted by Crippen LogP contribution is -2.21. The highest BCUT2D eigenvalue weighted by molar-refractivity contribution is 5.83. The minimum Gasteiger partial charge on any atom is -0.459 e. The summed E-state index contributed by atoms with van der Waals surface area (Å²) in [7, 11) is 0. The molecule has 0 radical (unpaired) electrons. The Morgan fingerprint density at radius 3 is 2.80 bits per heavy atom. The molecule has 20 heavy (non-hydrogen) atoms. The van der Waals surface area contributed by atoms with Crippen LogP contribution >= 0.6 is 0 Å². The van der Waals surface area contributed by atoms with Crippen molar-refractivity contribution in [2.24, 2.45) is 11.8 Å². The Balaban J connectivity index is 2.19. The summed E-state index contributed by atoms with van der Waals surface area (Å²) in [6.45, 7) is 1.82. The molecule has 1 aliphatic carbocycles. The Bertz CT molecular complexity index is 461. The van der Waals surface area contributed by atoms with Gasteiger partial charge in [0, 0.05) is 31.3 Å². The van der Waals surface area contributed by atoms with Gasteiger partial charge in [0.15, 0.2) is 0 Å². The first-order chi connectivity index (χ1) is 9.56. The maximum atomic E-state index is 11.6. The minimum absolute atomic E-state index is 0.0287. The summed E-state index contributed by atoms with van der Waals surface area (Å²) in [5, 5.41) is 10.1. The zero-order valence-corrected chi connectivity index (χ0v) is 11.6. The van der Waals surface area contributed by atoms with Crippen molar-refractivity contribution in [1.82, 2.24) is 0 Å². The fourth-order valence-electron chi connectivity index (χ4n) is 2.66. The maximum absolute atomic E-state index is 11.6. The number of ether oxygens (including phenoxy) is 1. The second-order valence-electron chi connectivity index (χ2n) is 5.42. The normalized spacial score (nSPS) is 39.7. The summed E-state index contributed by atoms with van der Waals surface area (Å²) in [6, 6.07) is 0. The molecule has 2 rings (SSSR count). The Kier molecular flexibility index (Phi) is 4.90. The fraction of sp³-hybridized carbons (Fsp3) is 0.500. The van der Waals surface area contributed by atoms with Crippen LogP contribution in [0, 0.1) is 11.8 Å². The van der Waals surface area contributed by atoms with Gasteiger partial charge in [-0.2, -0.15) is 0 Å². The molecule has 1 aliphatic heterocycles. The molecule has 0 aromatic carbocycles. The van der Waals surface area contributed by atoms with E-state index in [4.69, 9.17) is 4.74 Å². The number of cyclic esters (lactones) is 1. The van der Waals surface area contributed by atoms with Gasteiger partial charge in [0.2, 0.25) is 0 Å². The quantitative estimate of drug-likeness (QED) is 0.687. The van der Waals surface area contributed by atoms with E-state index in [0.717, 1.165) is 0 Å². The highest BCUT2D eigenvalue weighted by Crippen LogP contribution is 2.33. The number of allylic oxidation sites excluding steroid dienone is 3. The van der Waals surface area contributed by atoms with Gasteiger partial charge in [-0.3, -0.25) is 4.79 Å². The zero-order valence-electron chi connectivity index (χ0n) is 11.6. The first-order valence-electron chi connectivity index (χ1n) is 6.98. The molecule has 1 fully saturated rings. The number of esters is 1. The van der Waals surface area contributed by atoms with Crippen molar-refractivity contribution >= 4 is 11.8 Å². The minimum atomic E-state index is -0.802. The Morgan fingerprint density at radius 1 is 1.20 bits per heavy atom. The van der Waals surface area contributed by atoms with Gasteiger partial charge < -0.3 is 9.84 Å². The highest BCUT2D eigenvalue weighted by atomic mass is 16.5. The van der Waals surface area contributed by atoms with Gasteiger partial charge >= 0.3 is 5.97 Å². The molecule has 4 atom stereocenters. The van der Waals surface area contributed by atoms with E-state index in [9.17, 15) is 14.7 Å². The third-order valence-electron chi connectivity index (χ3n) is 3.74. The van der Waals surface area contributed by atoms with Crippen molar-refractivity contribution in [1.29, 1.82) is 0 Å². The third kappa shape index (κ3) is 3.90. The summed E-state index contributed by atoms with van der Waals surface area (Å²) < 4.78 is 5.17. The van der Waals surface area contributed by atoms with E-state index in [1.54, 1.807) is 0 Å². The van der Waals surface area contributed by atoms with Gasteiger partial charge in [0.05, 0.1) is 6.10 Å². The van der Waals surface area contributed by atoms with Gasteiger partial charge in [-0.05, 0) is 18.9 Å². The molecule has 1 saturated carbocycles. The number of carbonyl (C=O) groups excluding carboxylic acids is 2. The number of hydrogen-bond acceptors (Lipinski definition) is 4. The maximum Gasteiger partial charge on any atom is 0.330 e. The number of aliphatic hydroxyl groups is 1. The van der Waals surface area contributed by atoms with Crippen molar-refractivity contribution in [3.05, 3.63) is 36.5 Å². The largest absolute Gasteiger partial charge is 0.459 e. The lowest BCUT2D eigenvalue weighted by atomic mass is 9.90. The molecule has 108 valence electrons. The predicted octanol–water partition coefficient (Wildman–Crippen LogP) is 1.95. The number of ketones is 1. The van der Waals surface area contributed by atoms with E-state index in [-0.39, 0.29) is 23.7 Å². The lowest BCUT2D eigenvalue weighted by Gasteiger charge is -2.19. The third-order valence-corrected chi connectivity index (χ3v) is 3.74. The molecule has 0 aromatic heterocycles. The summed E-state index contributed by atoms with van der Waals surface area (Å²) >= 11 is 0. The van der Waals surface area contributed by atoms with Gasteiger partial charge in [0.25, 0.3) is 0 Å². The number of rotatable bonds is 0. The zero-order chi connectivity index (χ0) is 14.5. The van der Waals surface area contributed by atoms with Crippen LogP contribution in [-0.2, 0) is 14.3 Å². The first kappa shape index (κ1) is 14.7. The first-order valence-corrected chi connectivity index (χ1v) is 6.98. The second-order valence-corrected chi connectivity index (χ2v) is 5.42. The summed E-state index contributed by atoms with van der Waals surface area (Å²) in [5.41, 5.74) is 0. The summed E-state index contributed by atoms with van der Waals surface area (Å²) in [5.74, 6) is -0.433. The number of hydrogen-bond donors (Lipinski definition) is 1. The van der Waals surface area contributed by atoms with Crippen LogP contribution in [0.5, 0.6) is 0 Å². The molecule has 4 nitrogen and oxygen atoms in total. The van der Waals surface area contributed by atoms with E-state index in [0.29, 0.717) is 19.3 Å². The van der Waals surface area contributed by atoms with Crippen LogP contribution in [-0.4, -0.2) is 29.1 Å². The molecular weight excluding hydrogens is 256 g/mol. The topological polar surface area (TPSA) is 63.6 Å². The van der Waals surface area contributed by atoms with Gasteiger partial charge in [0.1, 0.15) is 11.9 Å². The molecule has 0 saturated heterocycles. The monoisotopic (exact) mass is 276 g/mol. The average molecular weight is 276 g/mol. The summed E-state index contributed by atoms with van der Waals surface area (Å²) in [4.78, 5) is 23.1. The second kappa shape index (κ2) is 6.66. The Morgan fingerprint density at radius 2 is 2.00 bits per heavy atom. The van der Waals surface area contributed by atoms with Crippen LogP contribution in [0.2, 0.25) is 0 Å². The van der Waals surface area contributed by atoms with Crippen LogP contribution in [0.4, 0.5) is 0 Å². The van der Waals surface area contributed by atoms with E-state index in [1.165, 1.54) is 12.2 Å². The SMILES string of the molecule is C[C@H]1C/C=C\C=C\[C@@H]2CC(=O)C[C@H]2[C@@H](O)/C=C/C(=O)O1. The van der Waals surface area contributed by atoms with Crippen LogP contribution < -0.4 is 0 Å². The fourth-order valence-corrected chi connectivity index (χ4v) is 2.66. The van der Waals surface area contributed by atoms with Crippen LogP contribution in [0.15, 0.2) is 36.5 Å². The summed E-state index contributed by atoms with van der Waals surface area (Å²) in [6.07, 6.45) is 10.8. The van der Waals surface area contributed by atoms with Crippen molar-refractivity contribution in [3.8, 4) is 0 Å².